The van der Waals surface area contributed by atoms with Gasteiger partial charge in [0.15, 0.2) is 6.10 Å². The number of quaternary nitrogens is 1. The van der Waals surface area contributed by atoms with Crippen molar-refractivity contribution in [2.24, 2.45) is 0 Å². The highest BCUT2D eigenvalue weighted by molar-refractivity contribution is 7.45. The van der Waals surface area contributed by atoms with Crippen LogP contribution in [0.2, 0.25) is 0 Å². The molecule has 380 valence electrons. The lowest BCUT2D eigenvalue weighted by Gasteiger charge is -2.28. The number of phosphoric acid groups is 1. The van der Waals surface area contributed by atoms with Gasteiger partial charge < -0.3 is 38.1 Å². The highest BCUT2D eigenvalue weighted by Gasteiger charge is 2.21. The summed E-state index contributed by atoms with van der Waals surface area (Å²) in [6.45, 7) is 3.81. The first kappa shape index (κ1) is 63.1. The van der Waals surface area contributed by atoms with E-state index in [9.17, 15) is 29.3 Å². The molecule has 4 atom stereocenters. The van der Waals surface area contributed by atoms with E-state index in [4.69, 9.17) is 18.5 Å². The first-order valence-corrected chi connectivity index (χ1v) is 27.0. The smallest absolute Gasteiger partial charge is 0.306 e. The summed E-state index contributed by atoms with van der Waals surface area (Å²) >= 11 is 0. The second-order valence-corrected chi connectivity index (χ2v) is 19.6. The van der Waals surface area contributed by atoms with Crippen LogP contribution in [-0.4, -0.2) is 92.5 Å². The second-order valence-electron chi connectivity index (χ2n) is 18.2. The van der Waals surface area contributed by atoms with E-state index in [1.807, 2.05) is 63.7 Å². The normalized spacial score (nSPS) is 15.1. The number of aliphatic hydroxyl groups is 2. The van der Waals surface area contributed by atoms with Gasteiger partial charge in [-0.25, -0.2) is 0 Å². The number of esters is 2. The number of allylic oxidation sites excluding steroid dienone is 10. The summed E-state index contributed by atoms with van der Waals surface area (Å²) in [5.41, 5.74) is 0. The van der Waals surface area contributed by atoms with E-state index < -0.39 is 44.7 Å². The van der Waals surface area contributed by atoms with Crippen LogP contribution >= 0.6 is 7.82 Å². The quantitative estimate of drug-likeness (QED) is 0.0151. The Hall–Kier alpha value is -2.89. The highest BCUT2D eigenvalue weighted by Crippen LogP contribution is 2.38. The molecule has 2 N–H and O–H groups in total. The fraction of sp³-hybridized carbons (Fsp3) is 0.704. The molecule has 11 nitrogen and oxygen atoms in total. The molecule has 0 aliphatic carbocycles. The first-order valence-electron chi connectivity index (χ1n) is 25.5. The van der Waals surface area contributed by atoms with E-state index in [-0.39, 0.29) is 26.1 Å². The molecule has 0 saturated heterocycles. The number of hydrogen-bond acceptors (Lipinski definition) is 10. The highest BCUT2D eigenvalue weighted by atomic mass is 31.2. The van der Waals surface area contributed by atoms with E-state index >= 15 is 0 Å². The lowest BCUT2D eigenvalue weighted by molar-refractivity contribution is -0.870. The van der Waals surface area contributed by atoms with Crippen LogP contribution in [0, 0.1) is 0 Å². The molecule has 0 aliphatic rings. The second kappa shape index (κ2) is 44.6. The standard InChI is InChI=1S/C54H94NO10P/c1-6-8-10-11-12-13-14-15-16-17-18-19-20-21-22-23-24-25-29-32-38-45-54(59)65-52(49-64-66(60,61)63-47-46-55(3,4)5)48-62-53(58)44-39-33-37-43-51(57)42-36-31-28-26-27-30-35-41-50(56)40-34-9-7-2/h9,15-16,27-28,30-31,34-37,41-43,50-52,56-57H,6-8,10-14,17-26,29,32-33,38-40,44-49H2,1-5H3/b16-15-,30-27-,31-28-,34-9-,41-35+,42-36+,43-37-/t50-,51-,52-/m1/s1. The SMILES string of the molecule is CC/C=C\C[C@@H](O)/C=C/C=C\C/C=C\C=C\[C@@H](O)/C=C\CCCC(=O)OC[C@H](COP(=O)([O-])OCC[N+](C)(C)C)OC(=O)CCCCCCCCCCCCC/C=C\CCCCCCCC. The number of hydrogen-bond donors (Lipinski definition) is 2. The van der Waals surface area contributed by atoms with Crippen molar-refractivity contribution in [3.8, 4) is 0 Å². The summed E-state index contributed by atoms with van der Waals surface area (Å²) in [5, 5.41) is 20.1. The van der Waals surface area contributed by atoms with Crippen molar-refractivity contribution < 1.29 is 52.3 Å². The van der Waals surface area contributed by atoms with Gasteiger partial charge in [-0.2, -0.15) is 0 Å². The molecule has 1 unspecified atom stereocenters. The number of aliphatic hydroxyl groups excluding tert-OH is 2. The van der Waals surface area contributed by atoms with Crippen LogP contribution in [0.25, 0.3) is 0 Å². The Morgan fingerprint density at radius 3 is 1.73 bits per heavy atom. The number of nitrogens with zero attached hydrogens (tertiary/aromatic N) is 1. The molecular formula is C54H94NO10P. The van der Waals surface area contributed by atoms with E-state index in [0.717, 1.165) is 25.7 Å². The Labute approximate surface area is 402 Å². The van der Waals surface area contributed by atoms with Crippen molar-refractivity contribution in [1.82, 2.24) is 0 Å². The number of rotatable bonds is 45. The molecule has 0 bridgehead atoms. The number of carbonyl (C=O) groups is 2. The van der Waals surface area contributed by atoms with Gasteiger partial charge in [-0.05, 0) is 64.2 Å². The molecule has 0 aromatic carbocycles. The maximum atomic E-state index is 12.7. The molecule has 0 aromatic rings. The van der Waals surface area contributed by atoms with E-state index in [1.54, 1.807) is 30.4 Å². The number of likely N-dealkylation sites (N-methyl/N-ethyl adjacent to an activating group) is 1. The average molecular weight is 948 g/mol. The van der Waals surface area contributed by atoms with Crippen LogP contribution < -0.4 is 4.89 Å². The predicted octanol–water partition coefficient (Wildman–Crippen LogP) is 12.4. The minimum Gasteiger partial charge on any atom is -0.756 e. The van der Waals surface area contributed by atoms with Crippen molar-refractivity contribution in [3.63, 3.8) is 0 Å². The fourth-order valence-corrected chi connectivity index (χ4v) is 7.29. The van der Waals surface area contributed by atoms with E-state index in [0.29, 0.717) is 43.1 Å². The van der Waals surface area contributed by atoms with Gasteiger partial charge in [0.25, 0.3) is 7.82 Å². The largest absolute Gasteiger partial charge is 0.756 e. The number of phosphoric ester groups is 1. The molecule has 12 heteroatoms. The molecule has 66 heavy (non-hydrogen) atoms. The summed E-state index contributed by atoms with van der Waals surface area (Å²) < 4.78 is 33.9. The predicted molar refractivity (Wildman–Crippen MR) is 271 cm³/mol. The number of unbranched alkanes of at least 4 members (excludes halogenated alkanes) is 18. The van der Waals surface area contributed by atoms with Gasteiger partial charge in [-0.15, -0.1) is 0 Å². The van der Waals surface area contributed by atoms with Crippen LogP contribution in [0.5, 0.6) is 0 Å². The molecule has 0 radical (unpaired) electrons. The van der Waals surface area contributed by atoms with Crippen LogP contribution in [0.3, 0.4) is 0 Å². The lowest BCUT2D eigenvalue weighted by Crippen LogP contribution is -2.37. The van der Waals surface area contributed by atoms with Crippen molar-refractivity contribution >= 4 is 19.8 Å². The summed E-state index contributed by atoms with van der Waals surface area (Å²) in [6.07, 6.45) is 51.2. The Morgan fingerprint density at radius 1 is 0.591 bits per heavy atom. The third kappa shape index (κ3) is 47.6. The molecule has 0 spiro atoms. The summed E-state index contributed by atoms with van der Waals surface area (Å²) in [4.78, 5) is 37.7. The van der Waals surface area contributed by atoms with Crippen molar-refractivity contribution in [2.75, 3.05) is 47.5 Å². The van der Waals surface area contributed by atoms with Crippen molar-refractivity contribution in [1.29, 1.82) is 0 Å². The molecule has 0 heterocycles. The van der Waals surface area contributed by atoms with Crippen molar-refractivity contribution in [3.05, 3.63) is 85.1 Å². The maximum Gasteiger partial charge on any atom is 0.306 e. The van der Waals surface area contributed by atoms with Crippen LogP contribution in [0.4, 0.5) is 0 Å². The van der Waals surface area contributed by atoms with E-state index in [2.05, 4.69) is 26.0 Å². The van der Waals surface area contributed by atoms with Crippen LogP contribution in [0.15, 0.2) is 85.1 Å². The lowest BCUT2D eigenvalue weighted by atomic mass is 10.0. The molecule has 0 saturated carbocycles. The third-order valence-electron chi connectivity index (χ3n) is 10.6. The van der Waals surface area contributed by atoms with Gasteiger partial charge in [0.05, 0.1) is 40.0 Å². The summed E-state index contributed by atoms with van der Waals surface area (Å²) in [6, 6.07) is 0. The molecule has 0 fully saturated rings. The summed E-state index contributed by atoms with van der Waals surface area (Å²) in [5.74, 6) is -1.02. The molecule has 0 amide bonds. The van der Waals surface area contributed by atoms with Gasteiger partial charge in [-0.3, -0.25) is 14.2 Å². The number of carbonyl (C=O) groups excluding carboxylic acids is 2. The topological polar surface area (TPSA) is 152 Å². The zero-order valence-corrected chi connectivity index (χ0v) is 43.0. The van der Waals surface area contributed by atoms with Crippen molar-refractivity contribution in [2.45, 2.75) is 199 Å². The van der Waals surface area contributed by atoms with Crippen LogP contribution in [0.1, 0.15) is 181 Å². The van der Waals surface area contributed by atoms with Gasteiger partial charge >= 0.3 is 11.9 Å². The van der Waals surface area contributed by atoms with Crippen LogP contribution in [-0.2, 0) is 32.7 Å². The van der Waals surface area contributed by atoms with Gasteiger partial charge in [-0.1, -0.05) is 189 Å². The third-order valence-corrected chi connectivity index (χ3v) is 11.5. The Bertz CT molecular complexity index is 1430. The average Bonchev–Trinajstić information content (AvgIpc) is 3.26. The molecule has 0 aromatic heterocycles. The fourth-order valence-electron chi connectivity index (χ4n) is 6.57. The molecule has 0 rings (SSSR count). The van der Waals surface area contributed by atoms with Gasteiger partial charge in [0.2, 0.25) is 0 Å². The van der Waals surface area contributed by atoms with E-state index in [1.165, 1.54) is 96.3 Å². The number of ether oxygens (including phenoxy) is 2. The molecular weight excluding hydrogens is 854 g/mol. The summed E-state index contributed by atoms with van der Waals surface area (Å²) in [7, 11) is 1.04. The zero-order valence-electron chi connectivity index (χ0n) is 42.1. The van der Waals surface area contributed by atoms with Gasteiger partial charge in [0, 0.05) is 12.8 Å². The molecule has 0 aliphatic heterocycles. The Balaban J connectivity index is 4.48. The maximum absolute atomic E-state index is 12.7. The minimum absolute atomic E-state index is 0.0678. The monoisotopic (exact) mass is 948 g/mol. The first-order chi connectivity index (χ1) is 31.8. The zero-order chi connectivity index (χ0) is 48.8. The Kier molecular flexibility index (Phi) is 42.7. The van der Waals surface area contributed by atoms with Gasteiger partial charge in [0.1, 0.15) is 19.8 Å². The minimum atomic E-state index is -4.68. The Morgan fingerprint density at radius 2 is 1.14 bits per heavy atom.